The van der Waals surface area contributed by atoms with Crippen molar-refractivity contribution in [3.8, 4) is 0 Å². The van der Waals surface area contributed by atoms with Crippen LogP contribution in [0.4, 0.5) is 0 Å². The summed E-state index contributed by atoms with van der Waals surface area (Å²) >= 11 is 0. The second kappa shape index (κ2) is 4.49. The second-order valence-electron chi connectivity index (χ2n) is 1.86. The number of rotatable bonds is 4. The summed E-state index contributed by atoms with van der Waals surface area (Å²) < 4.78 is 4.84. The fourth-order valence-corrected chi connectivity index (χ4v) is 0.516. The first kappa shape index (κ1) is 9.68. The Morgan fingerprint density at radius 2 is 2.09 bits per heavy atom. The summed E-state index contributed by atoms with van der Waals surface area (Å²) in [6, 6.07) is 0. The fraction of sp³-hybridized carbons (Fsp3) is 0.429. The Hall–Kier alpha value is -1.32. The normalized spacial score (nSPS) is 10.9. The highest BCUT2D eigenvalue weighted by molar-refractivity contribution is 6.37. The Morgan fingerprint density at radius 1 is 1.55 bits per heavy atom. The maximum atomic E-state index is 10.5. The van der Waals surface area contributed by atoms with Gasteiger partial charge >= 0.3 is 5.97 Å². The number of carbonyl (C=O) groups excluding carboxylic acids is 1. The highest BCUT2D eigenvalue weighted by Crippen LogP contribution is 1.94. The van der Waals surface area contributed by atoms with Crippen LogP contribution in [0.1, 0.15) is 13.8 Å². The zero-order valence-corrected chi connectivity index (χ0v) is 6.46. The van der Waals surface area contributed by atoms with E-state index in [2.05, 4.69) is 0 Å². The van der Waals surface area contributed by atoms with Gasteiger partial charge in [0.25, 0.3) is 5.78 Å². The molecule has 0 aliphatic carbocycles. The quantitative estimate of drug-likeness (QED) is 0.369. The van der Waals surface area contributed by atoms with Gasteiger partial charge in [0.2, 0.25) is 0 Å². The summed E-state index contributed by atoms with van der Waals surface area (Å²) in [4.78, 5) is 20.5. The molecule has 0 aliphatic rings. The van der Waals surface area contributed by atoms with E-state index in [4.69, 9.17) is 9.84 Å². The van der Waals surface area contributed by atoms with Crippen molar-refractivity contribution in [2.45, 2.75) is 13.8 Å². The van der Waals surface area contributed by atoms with Gasteiger partial charge < -0.3 is 9.84 Å². The van der Waals surface area contributed by atoms with Gasteiger partial charge in [-0.1, -0.05) is 0 Å². The van der Waals surface area contributed by atoms with Crippen LogP contribution < -0.4 is 0 Å². The molecule has 0 rings (SSSR count). The standard InChI is InChI=1S/C7H10O4/c1-3-11-5(2)4-6(8)7(9)10/h4H,3H2,1-2H3,(H,9,10)/b5-4+. The number of ketones is 1. The zero-order chi connectivity index (χ0) is 8.85. The van der Waals surface area contributed by atoms with E-state index in [9.17, 15) is 9.59 Å². The summed E-state index contributed by atoms with van der Waals surface area (Å²) in [5, 5.41) is 8.15. The van der Waals surface area contributed by atoms with E-state index in [1.165, 1.54) is 6.92 Å². The van der Waals surface area contributed by atoms with Crippen LogP contribution in [-0.2, 0) is 14.3 Å². The Kier molecular flexibility index (Phi) is 3.95. The molecule has 0 aliphatic heterocycles. The van der Waals surface area contributed by atoms with E-state index in [0.29, 0.717) is 12.4 Å². The van der Waals surface area contributed by atoms with Crippen molar-refractivity contribution in [1.29, 1.82) is 0 Å². The van der Waals surface area contributed by atoms with Gasteiger partial charge in [0.15, 0.2) is 0 Å². The molecule has 0 fully saturated rings. The third-order valence-electron chi connectivity index (χ3n) is 0.917. The third kappa shape index (κ3) is 4.13. The molecule has 0 saturated heterocycles. The van der Waals surface area contributed by atoms with E-state index >= 15 is 0 Å². The van der Waals surface area contributed by atoms with Crippen molar-refractivity contribution < 1.29 is 19.4 Å². The Morgan fingerprint density at radius 3 is 2.45 bits per heavy atom. The molecule has 1 N–H and O–H groups in total. The maximum absolute atomic E-state index is 10.5. The summed E-state index contributed by atoms with van der Waals surface area (Å²) in [5.41, 5.74) is 0. The minimum atomic E-state index is -1.47. The number of hydrogen-bond donors (Lipinski definition) is 1. The van der Waals surface area contributed by atoms with Crippen LogP contribution in [0.25, 0.3) is 0 Å². The molecule has 4 heteroatoms. The molecule has 62 valence electrons. The van der Waals surface area contributed by atoms with Crippen molar-refractivity contribution in [1.82, 2.24) is 0 Å². The van der Waals surface area contributed by atoms with Crippen LogP contribution in [0.5, 0.6) is 0 Å². The molecule has 4 nitrogen and oxygen atoms in total. The van der Waals surface area contributed by atoms with Gasteiger partial charge in [0, 0.05) is 6.08 Å². The first-order valence-corrected chi connectivity index (χ1v) is 3.16. The smallest absolute Gasteiger partial charge is 0.376 e. The SMILES string of the molecule is CCO/C(C)=C/C(=O)C(=O)O. The lowest BCUT2D eigenvalue weighted by Crippen LogP contribution is -2.09. The van der Waals surface area contributed by atoms with Crippen molar-refractivity contribution in [3.63, 3.8) is 0 Å². The zero-order valence-electron chi connectivity index (χ0n) is 6.46. The highest BCUT2D eigenvalue weighted by atomic mass is 16.5. The number of allylic oxidation sites excluding steroid dienone is 1. The van der Waals surface area contributed by atoms with Crippen LogP contribution in [0.15, 0.2) is 11.8 Å². The predicted octanol–water partition coefficient (Wildman–Crippen LogP) is 0.580. The maximum Gasteiger partial charge on any atom is 0.376 e. The average Bonchev–Trinajstić information content (AvgIpc) is 1.87. The van der Waals surface area contributed by atoms with Crippen LogP contribution in [0.3, 0.4) is 0 Å². The number of hydrogen-bond acceptors (Lipinski definition) is 3. The lowest BCUT2D eigenvalue weighted by molar-refractivity contribution is -0.146. The van der Waals surface area contributed by atoms with E-state index in [1.807, 2.05) is 0 Å². The lowest BCUT2D eigenvalue weighted by Gasteiger charge is -1.99. The molecule has 0 heterocycles. The fourth-order valence-electron chi connectivity index (χ4n) is 0.516. The monoisotopic (exact) mass is 158 g/mol. The third-order valence-corrected chi connectivity index (χ3v) is 0.917. The molecule has 0 atom stereocenters. The van der Waals surface area contributed by atoms with Crippen molar-refractivity contribution in [3.05, 3.63) is 11.8 Å². The van der Waals surface area contributed by atoms with Gasteiger partial charge in [0.05, 0.1) is 12.4 Å². The molecule has 0 aromatic heterocycles. The molecule has 0 aromatic carbocycles. The van der Waals surface area contributed by atoms with Gasteiger partial charge in [0.1, 0.15) is 0 Å². The molecule has 0 radical (unpaired) electrons. The van der Waals surface area contributed by atoms with Gasteiger partial charge in [-0.2, -0.15) is 0 Å². The minimum absolute atomic E-state index is 0.319. The minimum Gasteiger partial charge on any atom is -0.498 e. The largest absolute Gasteiger partial charge is 0.498 e. The molecule has 0 bridgehead atoms. The van der Waals surface area contributed by atoms with E-state index in [-0.39, 0.29) is 0 Å². The summed E-state index contributed by atoms with van der Waals surface area (Å²) in [7, 11) is 0. The van der Waals surface area contributed by atoms with E-state index in [1.54, 1.807) is 6.92 Å². The molecule has 11 heavy (non-hydrogen) atoms. The molecular weight excluding hydrogens is 148 g/mol. The van der Waals surface area contributed by atoms with E-state index < -0.39 is 11.8 Å². The van der Waals surface area contributed by atoms with Crippen LogP contribution in [-0.4, -0.2) is 23.5 Å². The number of ether oxygens (including phenoxy) is 1. The topological polar surface area (TPSA) is 63.6 Å². The number of aliphatic carboxylic acids is 1. The number of carboxylic acid groups (broad SMARTS) is 1. The summed E-state index contributed by atoms with van der Waals surface area (Å²) in [5.74, 6) is -2.11. The van der Waals surface area contributed by atoms with E-state index in [0.717, 1.165) is 6.08 Å². The Bertz CT molecular complexity index is 193. The van der Waals surface area contributed by atoms with Crippen molar-refractivity contribution in [2.24, 2.45) is 0 Å². The van der Waals surface area contributed by atoms with Gasteiger partial charge in [-0.15, -0.1) is 0 Å². The molecular formula is C7H10O4. The van der Waals surface area contributed by atoms with Crippen molar-refractivity contribution >= 4 is 11.8 Å². The Labute approximate surface area is 64.5 Å². The average molecular weight is 158 g/mol. The second-order valence-corrected chi connectivity index (χ2v) is 1.86. The lowest BCUT2D eigenvalue weighted by atomic mass is 10.3. The van der Waals surface area contributed by atoms with Crippen LogP contribution >= 0.6 is 0 Å². The first-order chi connectivity index (χ1) is 5.07. The highest BCUT2D eigenvalue weighted by Gasteiger charge is 2.07. The van der Waals surface area contributed by atoms with Gasteiger partial charge in [-0.3, -0.25) is 4.79 Å². The molecule has 0 aromatic rings. The number of carbonyl (C=O) groups is 2. The van der Waals surface area contributed by atoms with Crippen molar-refractivity contribution in [2.75, 3.05) is 6.61 Å². The molecule has 0 unspecified atom stereocenters. The van der Waals surface area contributed by atoms with Gasteiger partial charge in [-0.25, -0.2) is 4.79 Å². The predicted molar refractivity (Wildman–Crippen MR) is 38.0 cm³/mol. The molecule has 0 amide bonds. The first-order valence-electron chi connectivity index (χ1n) is 3.16. The summed E-state index contributed by atoms with van der Waals surface area (Å²) in [6.07, 6.45) is 0.950. The number of carboxylic acids is 1. The Balaban J connectivity index is 4.08. The molecule has 0 saturated carbocycles. The molecule has 0 spiro atoms. The summed E-state index contributed by atoms with van der Waals surface area (Å²) in [6.45, 7) is 3.71. The van der Waals surface area contributed by atoms with Gasteiger partial charge in [-0.05, 0) is 13.8 Å². The van der Waals surface area contributed by atoms with Crippen LogP contribution in [0.2, 0.25) is 0 Å². The van der Waals surface area contributed by atoms with Crippen LogP contribution in [0, 0.1) is 0 Å².